The quantitative estimate of drug-likeness (QED) is 0.716. The van der Waals surface area contributed by atoms with Crippen LogP contribution in [-0.4, -0.2) is 38.3 Å². The van der Waals surface area contributed by atoms with E-state index >= 15 is 0 Å². The molecule has 2 aromatic rings. The summed E-state index contributed by atoms with van der Waals surface area (Å²) >= 11 is 6.11. The summed E-state index contributed by atoms with van der Waals surface area (Å²) < 4.78 is 10.1. The molecule has 0 spiro atoms. The number of pyridine rings is 1. The molecule has 0 aliphatic carbocycles. The number of carbonyl (C=O) groups is 1. The molecule has 0 saturated heterocycles. The van der Waals surface area contributed by atoms with Crippen molar-refractivity contribution in [3.8, 4) is 5.75 Å². The smallest absolute Gasteiger partial charge is 0.252 e. The standard InChI is InChI=1S/C17H20ClN3O3/c1-23-7-3-6-20-17(22)12-8-14(11-19-10-12)21-13-4-5-16(24-2)15(18)9-13/h4-5,8-11,21H,3,6-7H2,1-2H3,(H,20,22). The molecule has 2 N–H and O–H groups in total. The number of amides is 1. The lowest BCUT2D eigenvalue weighted by Crippen LogP contribution is -2.25. The van der Waals surface area contributed by atoms with E-state index in [0.717, 1.165) is 12.1 Å². The fourth-order valence-corrected chi connectivity index (χ4v) is 2.32. The summed E-state index contributed by atoms with van der Waals surface area (Å²) in [6.07, 6.45) is 3.93. The van der Waals surface area contributed by atoms with Crippen molar-refractivity contribution in [3.05, 3.63) is 47.2 Å². The maximum atomic E-state index is 12.1. The average Bonchev–Trinajstić information content (AvgIpc) is 2.59. The molecule has 1 aromatic heterocycles. The molecule has 0 radical (unpaired) electrons. The van der Waals surface area contributed by atoms with Crippen LogP contribution in [0.1, 0.15) is 16.8 Å². The first-order valence-electron chi connectivity index (χ1n) is 7.47. The van der Waals surface area contributed by atoms with Crippen LogP contribution in [0.15, 0.2) is 36.7 Å². The molecule has 0 aliphatic rings. The van der Waals surface area contributed by atoms with Crippen LogP contribution in [-0.2, 0) is 4.74 Å². The second kappa shape index (κ2) is 9.10. The highest BCUT2D eigenvalue weighted by Crippen LogP contribution is 2.28. The van der Waals surface area contributed by atoms with E-state index in [2.05, 4.69) is 15.6 Å². The number of anilines is 2. The molecule has 6 nitrogen and oxygen atoms in total. The fourth-order valence-electron chi connectivity index (χ4n) is 2.06. The van der Waals surface area contributed by atoms with Crippen LogP contribution in [0.3, 0.4) is 0 Å². The number of carbonyl (C=O) groups excluding carboxylic acids is 1. The number of hydrogen-bond donors (Lipinski definition) is 2. The predicted molar refractivity (Wildman–Crippen MR) is 94.3 cm³/mol. The monoisotopic (exact) mass is 349 g/mol. The van der Waals surface area contributed by atoms with E-state index in [4.69, 9.17) is 21.1 Å². The highest BCUT2D eigenvalue weighted by molar-refractivity contribution is 6.32. The number of rotatable bonds is 8. The Morgan fingerprint density at radius 1 is 1.21 bits per heavy atom. The summed E-state index contributed by atoms with van der Waals surface area (Å²) in [4.78, 5) is 16.2. The van der Waals surface area contributed by atoms with Crippen LogP contribution >= 0.6 is 11.6 Å². The van der Waals surface area contributed by atoms with Gasteiger partial charge in [0.2, 0.25) is 0 Å². The molecule has 0 bridgehead atoms. The number of ether oxygens (including phenoxy) is 2. The highest BCUT2D eigenvalue weighted by atomic mass is 35.5. The highest BCUT2D eigenvalue weighted by Gasteiger charge is 2.07. The van der Waals surface area contributed by atoms with Crippen LogP contribution < -0.4 is 15.4 Å². The molecule has 0 fully saturated rings. The normalized spacial score (nSPS) is 10.3. The molecule has 1 amide bonds. The summed E-state index contributed by atoms with van der Waals surface area (Å²) in [5.74, 6) is 0.430. The van der Waals surface area contributed by atoms with E-state index in [0.29, 0.717) is 35.2 Å². The zero-order chi connectivity index (χ0) is 17.4. The van der Waals surface area contributed by atoms with Gasteiger partial charge in [0.1, 0.15) is 5.75 Å². The zero-order valence-electron chi connectivity index (χ0n) is 13.6. The van der Waals surface area contributed by atoms with E-state index in [-0.39, 0.29) is 5.91 Å². The van der Waals surface area contributed by atoms with Crippen molar-refractivity contribution >= 4 is 28.9 Å². The second-order valence-corrected chi connectivity index (χ2v) is 5.45. The first-order valence-corrected chi connectivity index (χ1v) is 7.84. The zero-order valence-corrected chi connectivity index (χ0v) is 14.4. The van der Waals surface area contributed by atoms with Gasteiger partial charge in [0.05, 0.1) is 29.6 Å². The average molecular weight is 350 g/mol. The van der Waals surface area contributed by atoms with Gasteiger partial charge in [-0.15, -0.1) is 0 Å². The third-order valence-electron chi connectivity index (χ3n) is 3.25. The topological polar surface area (TPSA) is 72.5 Å². The molecule has 7 heteroatoms. The minimum atomic E-state index is -0.171. The molecule has 0 unspecified atom stereocenters. The van der Waals surface area contributed by atoms with Gasteiger partial charge in [-0.3, -0.25) is 9.78 Å². The van der Waals surface area contributed by atoms with Gasteiger partial charge in [-0.2, -0.15) is 0 Å². The number of halogens is 1. The summed E-state index contributed by atoms with van der Waals surface area (Å²) in [6.45, 7) is 1.16. The number of nitrogens with one attached hydrogen (secondary N) is 2. The Morgan fingerprint density at radius 3 is 2.75 bits per heavy atom. The minimum Gasteiger partial charge on any atom is -0.495 e. The van der Waals surface area contributed by atoms with E-state index in [1.54, 1.807) is 38.6 Å². The molecule has 24 heavy (non-hydrogen) atoms. The van der Waals surface area contributed by atoms with Crippen molar-refractivity contribution in [1.29, 1.82) is 0 Å². The molecule has 1 heterocycles. The summed E-state index contributed by atoms with van der Waals surface area (Å²) in [7, 11) is 3.19. The van der Waals surface area contributed by atoms with E-state index in [9.17, 15) is 4.79 Å². The fraction of sp³-hybridized carbons (Fsp3) is 0.294. The molecule has 128 valence electrons. The Morgan fingerprint density at radius 2 is 2.04 bits per heavy atom. The Labute approximate surface area is 146 Å². The van der Waals surface area contributed by atoms with Crippen LogP contribution in [0.5, 0.6) is 5.75 Å². The first-order chi connectivity index (χ1) is 11.6. The van der Waals surface area contributed by atoms with Crippen LogP contribution in [0, 0.1) is 0 Å². The van der Waals surface area contributed by atoms with Gasteiger partial charge in [-0.1, -0.05) is 11.6 Å². The molecule has 0 saturated carbocycles. The lowest BCUT2D eigenvalue weighted by molar-refractivity contribution is 0.0948. The van der Waals surface area contributed by atoms with Gasteiger partial charge < -0.3 is 20.1 Å². The van der Waals surface area contributed by atoms with E-state index in [1.807, 2.05) is 6.07 Å². The van der Waals surface area contributed by atoms with Gasteiger partial charge in [0, 0.05) is 32.1 Å². The number of hydrogen-bond acceptors (Lipinski definition) is 5. The van der Waals surface area contributed by atoms with Crippen molar-refractivity contribution in [2.75, 3.05) is 32.7 Å². The van der Waals surface area contributed by atoms with Gasteiger partial charge in [-0.25, -0.2) is 0 Å². The minimum absolute atomic E-state index is 0.171. The maximum Gasteiger partial charge on any atom is 0.252 e. The molecular weight excluding hydrogens is 330 g/mol. The number of nitrogens with zero attached hydrogens (tertiary/aromatic N) is 1. The van der Waals surface area contributed by atoms with Crippen LogP contribution in [0.25, 0.3) is 0 Å². The Balaban J connectivity index is 2.02. The third-order valence-corrected chi connectivity index (χ3v) is 3.55. The number of benzene rings is 1. The number of methoxy groups -OCH3 is 2. The summed E-state index contributed by atoms with van der Waals surface area (Å²) in [5, 5.41) is 6.49. The van der Waals surface area contributed by atoms with Gasteiger partial charge >= 0.3 is 0 Å². The van der Waals surface area contributed by atoms with Crippen LogP contribution in [0.4, 0.5) is 11.4 Å². The van der Waals surface area contributed by atoms with Gasteiger partial charge in [0.25, 0.3) is 5.91 Å². The number of aromatic nitrogens is 1. The Kier molecular flexibility index (Phi) is 6.84. The van der Waals surface area contributed by atoms with Crippen LogP contribution in [0.2, 0.25) is 5.02 Å². The van der Waals surface area contributed by atoms with E-state index < -0.39 is 0 Å². The Bertz CT molecular complexity index is 695. The predicted octanol–water partition coefficient (Wildman–Crippen LogP) is 3.25. The summed E-state index contributed by atoms with van der Waals surface area (Å²) in [6, 6.07) is 7.08. The first kappa shape index (κ1) is 18.0. The molecule has 0 aliphatic heterocycles. The van der Waals surface area contributed by atoms with Gasteiger partial charge in [0.15, 0.2) is 0 Å². The van der Waals surface area contributed by atoms with Crippen molar-refractivity contribution in [1.82, 2.24) is 10.3 Å². The molecule has 1 aromatic carbocycles. The van der Waals surface area contributed by atoms with Crippen molar-refractivity contribution in [2.45, 2.75) is 6.42 Å². The largest absolute Gasteiger partial charge is 0.495 e. The Hall–Kier alpha value is -2.31. The van der Waals surface area contributed by atoms with Crippen molar-refractivity contribution in [3.63, 3.8) is 0 Å². The summed E-state index contributed by atoms with van der Waals surface area (Å²) in [5.41, 5.74) is 1.96. The molecule has 2 rings (SSSR count). The molecular formula is C17H20ClN3O3. The van der Waals surface area contributed by atoms with Gasteiger partial charge in [-0.05, 0) is 30.7 Å². The van der Waals surface area contributed by atoms with Crippen molar-refractivity contribution in [2.24, 2.45) is 0 Å². The van der Waals surface area contributed by atoms with Crippen molar-refractivity contribution < 1.29 is 14.3 Å². The second-order valence-electron chi connectivity index (χ2n) is 5.04. The lowest BCUT2D eigenvalue weighted by atomic mass is 10.2. The third kappa shape index (κ3) is 5.11. The van der Waals surface area contributed by atoms with E-state index in [1.165, 1.54) is 6.20 Å². The maximum absolute atomic E-state index is 12.1. The SMILES string of the molecule is COCCCNC(=O)c1cncc(Nc2ccc(OC)c(Cl)c2)c1. The molecule has 0 atom stereocenters. The lowest BCUT2D eigenvalue weighted by Gasteiger charge is -2.10.